The van der Waals surface area contributed by atoms with Crippen LogP contribution in [0.15, 0.2) is 24.5 Å². The fraction of sp³-hybridized carbons (Fsp3) is 0.467. The second kappa shape index (κ2) is 5.00. The maximum Gasteiger partial charge on any atom is 0.147 e. The van der Waals surface area contributed by atoms with Gasteiger partial charge in [0.1, 0.15) is 12.2 Å². The summed E-state index contributed by atoms with van der Waals surface area (Å²) in [7, 11) is 0. The highest BCUT2D eigenvalue weighted by Gasteiger charge is 2.19. The topological polar surface area (TPSA) is 46.0 Å². The first-order chi connectivity index (χ1) is 9.90. The highest BCUT2D eigenvalue weighted by molar-refractivity contribution is 5.37. The van der Waals surface area contributed by atoms with Crippen LogP contribution in [0.25, 0.3) is 0 Å². The van der Waals surface area contributed by atoms with Gasteiger partial charge in [0, 0.05) is 26.2 Å². The number of rotatable bonds is 2. The van der Waals surface area contributed by atoms with Gasteiger partial charge in [-0.2, -0.15) is 0 Å². The number of nitrogens with one attached hydrogen (secondary N) is 1. The van der Waals surface area contributed by atoms with Crippen molar-refractivity contribution in [2.24, 2.45) is 0 Å². The molecular weight excluding hydrogens is 250 g/mol. The van der Waals surface area contributed by atoms with Gasteiger partial charge in [0.05, 0.1) is 6.54 Å². The fourth-order valence-electron chi connectivity index (χ4n) is 3.25. The molecule has 0 aliphatic carbocycles. The van der Waals surface area contributed by atoms with Crippen LogP contribution in [0.1, 0.15) is 22.5 Å². The summed E-state index contributed by atoms with van der Waals surface area (Å²) in [5.74, 6) is 1.09. The Hall–Kier alpha value is -1.72. The van der Waals surface area contributed by atoms with E-state index in [-0.39, 0.29) is 0 Å². The van der Waals surface area contributed by atoms with Crippen LogP contribution >= 0.6 is 0 Å². The van der Waals surface area contributed by atoms with Crippen molar-refractivity contribution in [3.05, 3.63) is 47.0 Å². The molecular formula is C15H19N5. The number of fused-ring (bicyclic) bond motifs is 2. The van der Waals surface area contributed by atoms with Gasteiger partial charge in [-0.25, -0.2) is 0 Å². The van der Waals surface area contributed by atoms with Crippen molar-refractivity contribution in [2.45, 2.75) is 32.6 Å². The first kappa shape index (κ1) is 12.1. The third-order valence-electron chi connectivity index (χ3n) is 4.35. The van der Waals surface area contributed by atoms with E-state index in [2.05, 4.69) is 43.2 Å². The van der Waals surface area contributed by atoms with Gasteiger partial charge in [-0.15, -0.1) is 10.2 Å². The van der Waals surface area contributed by atoms with Gasteiger partial charge in [0.15, 0.2) is 0 Å². The fourth-order valence-corrected chi connectivity index (χ4v) is 3.25. The van der Waals surface area contributed by atoms with E-state index in [0.717, 1.165) is 51.5 Å². The smallest absolute Gasteiger partial charge is 0.147 e. The molecule has 0 saturated carbocycles. The van der Waals surface area contributed by atoms with E-state index in [1.54, 1.807) is 5.56 Å². The number of hydrogen-bond acceptors (Lipinski definition) is 4. The lowest BCUT2D eigenvalue weighted by Crippen LogP contribution is -2.34. The summed E-state index contributed by atoms with van der Waals surface area (Å²) < 4.78 is 2.15. The van der Waals surface area contributed by atoms with E-state index in [1.807, 2.05) is 6.33 Å². The van der Waals surface area contributed by atoms with Crippen LogP contribution < -0.4 is 5.32 Å². The maximum absolute atomic E-state index is 4.20. The summed E-state index contributed by atoms with van der Waals surface area (Å²) in [5, 5.41) is 11.6. The molecule has 2 aliphatic rings. The Kier molecular flexibility index (Phi) is 3.01. The van der Waals surface area contributed by atoms with E-state index in [9.17, 15) is 0 Å². The Balaban J connectivity index is 1.55. The Morgan fingerprint density at radius 3 is 3.25 bits per heavy atom. The maximum atomic E-state index is 4.20. The standard InChI is InChI=1S/C15H19N5/c1-2-12-8-16-5-4-14(12)13(3-1)9-19-6-7-20-11-17-18-15(20)10-19/h1-3,11,16H,4-10H2. The molecule has 0 saturated heterocycles. The Morgan fingerprint density at radius 1 is 1.25 bits per heavy atom. The zero-order valence-corrected chi connectivity index (χ0v) is 11.5. The van der Waals surface area contributed by atoms with Crippen molar-refractivity contribution in [1.29, 1.82) is 0 Å². The highest BCUT2D eigenvalue weighted by atomic mass is 15.3. The second-order valence-corrected chi connectivity index (χ2v) is 5.63. The minimum atomic E-state index is 0.905. The number of hydrogen-bond donors (Lipinski definition) is 1. The molecule has 0 bridgehead atoms. The third-order valence-corrected chi connectivity index (χ3v) is 4.35. The lowest BCUT2D eigenvalue weighted by atomic mass is 9.95. The summed E-state index contributed by atoms with van der Waals surface area (Å²) >= 11 is 0. The van der Waals surface area contributed by atoms with Gasteiger partial charge in [0.25, 0.3) is 0 Å². The SMILES string of the molecule is c1cc2c(c(CN3CCn4cnnc4C3)c1)CCNC2. The monoisotopic (exact) mass is 269 g/mol. The summed E-state index contributed by atoms with van der Waals surface area (Å²) in [6.45, 7) is 6.11. The molecule has 2 aromatic rings. The van der Waals surface area contributed by atoms with Crippen LogP contribution in [0, 0.1) is 0 Å². The summed E-state index contributed by atoms with van der Waals surface area (Å²) in [5.41, 5.74) is 4.50. The average molecular weight is 269 g/mol. The van der Waals surface area contributed by atoms with E-state index in [0.29, 0.717) is 0 Å². The van der Waals surface area contributed by atoms with Crippen LogP contribution in [-0.4, -0.2) is 32.8 Å². The van der Waals surface area contributed by atoms with Crippen LogP contribution in [-0.2, 0) is 32.6 Å². The lowest BCUT2D eigenvalue weighted by molar-refractivity contribution is 0.208. The first-order valence-electron chi connectivity index (χ1n) is 7.29. The molecule has 1 aromatic heterocycles. The zero-order valence-electron chi connectivity index (χ0n) is 11.5. The van der Waals surface area contributed by atoms with Crippen molar-refractivity contribution in [1.82, 2.24) is 25.0 Å². The van der Waals surface area contributed by atoms with E-state index < -0.39 is 0 Å². The highest BCUT2D eigenvalue weighted by Crippen LogP contribution is 2.21. The number of aromatic nitrogens is 3. The molecule has 5 nitrogen and oxygen atoms in total. The van der Waals surface area contributed by atoms with Crippen molar-refractivity contribution < 1.29 is 0 Å². The van der Waals surface area contributed by atoms with Gasteiger partial charge in [0.2, 0.25) is 0 Å². The van der Waals surface area contributed by atoms with Gasteiger partial charge in [-0.1, -0.05) is 18.2 Å². The molecule has 4 rings (SSSR count). The Bertz CT molecular complexity index is 618. The van der Waals surface area contributed by atoms with Crippen molar-refractivity contribution in [2.75, 3.05) is 13.1 Å². The predicted molar refractivity (Wildman–Crippen MR) is 76.0 cm³/mol. The molecule has 0 fully saturated rings. The van der Waals surface area contributed by atoms with E-state index in [1.165, 1.54) is 11.1 Å². The molecule has 1 aromatic carbocycles. The molecule has 0 radical (unpaired) electrons. The largest absolute Gasteiger partial charge is 0.315 e. The lowest BCUT2D eigenvalue weighted by Gasteiger charge is -2.29. The number of nitrogens with zero attached hydrogens (tertiary/aromatic N) is 4. The van der Waals surface area contributed by atoms with Gasteiger partial charge in [-0.05, 0) is 29.7 Å². The van der Waals surface area contributed by atoms with Crippen LogP contribution in [0.3, 0.4) is 0 Å². The van der Waals surface area contributed by atoms with Crippen molar-refractivity contribution in [3.8, 4) is 0 Å². The second-order valence-electron chi connectivity index (χ2n) is 5.63. The van der Waals surface area contributed by atoms with Gasteiger partial charge >= 0.3 is 0 Å². The average Bonchev–Trinajstić information content (AvgIpc) is 2.95. The predicted octanol–water partition coefficient (Wildman–Crippen LogP) is 0.940. The molecule has 0 unspecified atom stereocenters. The van der Waals surface area contributed by atoms with Crippen LogP contribution in [0.5, 0.6) is 0 Å². The molecule has 0 atom stereocenters. The Labute approximate surface area is 118 Å². The first-order valence-corrected chi connectivity index (χ1v) is 7.29. The van der Waals surface area contributed by atoms with Crippen LogP contribution in [0.4, 0.5) is 0 Å². The molecule has 2 aliphatic heterocycles. The Morgan fingerprint density at radius 2 is 2.25 bits per heavy atom. The minimum Gasteiger partial charge on any atom is -0.315 e. The molecule has 0 spiro atoms. The van der Waals surface area contributed by atoms with E-state index in [4.69, 9.17) is 0 Å². The summed E-state index contributed by atoms with van der Waals surface area (Å²) in [6, 6.07) is 6.72. The van der Waals surface area contributed by atoms with Crippen molar-refractivity contribution >= 4 is 0 Å². The molecule has 0 amide bonds. The normalized spacial score (nSPS) is 18.6. The molecule has 1 N–H and O–H groups in total. The van der Waals surface area contributed by atoms with Crippen molar-refractivity contribution in [3.63, 3.8) is 0 Å². The quantitative estimate of drug-likeness (QED) is 0.881. The summed E-state index contributed by atoms with van der Waals surface area (Å²) in [6.07, 6.45) is 2.98. The van der Waals surface area contributed by atoms with E-state index >= 15 is 0 Å². The van der Waals surface area contributed by atoms with Gasteiger partial charge < -0.3 is 9.88 Å². The minimum absolute atomic E-state index is 0.905. The van der Waals surface area contributed by atoms with Gasteiger partial charge in [-0.3, -0.25) is 4.90 Å². The summed E-state index contributed by atoms with van der Waals surface area (Å²) in [4.78, 5) is 2.47. The van der Waals surface area contributed by atoms with Crippen LogP contribution in [0.2, 0.25) is 0 Å². The molecule has 3 heterocycles. The molecule has 20 heavy (non-hydrogen) atoms. The molecule has 104 valence electrons. The zero-order chi connectivity index (χ0) is 13.4. The number of benzene rings is 1. The third kappa shape index (κ3) is 2.13. The molecule has 5 heteroatoms.